The summed E-state index contributed by atoms with van der Waals surface area (Å²) in [6.07, 6.45) is 13.0. The first-order valence-corrected chi connectivity index (χ1v) is 10.8. The van der Waals surface area contributed by atoms with E-state index in [0.29, 0.717) is 17.4 Å². The molecule has 1 aromatic carbocycles. The number of anilines is 1. The predicted octanol–water partition coefficient (Wildman–Crippen LogP) is 5.45. The fourth-order valence-corrected chi connectivity index (χ4v) is 4.20. The zero-order valence-corrected chi connectivity index (χ0v) is 17.3. The molecule has 1 fully saturated rings. The first kappa shape index (κ1) is 19.4. The Bertz CT molecular complexity index is 1200. The maximum atomic E-state index is 12.9. The van der Waals surface area contributed by atoms with Crippen LogP contribution in [0.2, 0.25) is 0 Å². The Morgan fingerprint density at radius 1 is 1.00 bits per heavy atom. The topological polar surface area (TPSA) is 80.9 Å². The van der Waals surface area contributed by atoms with E-state index in [2.05, 4.69) is 20.3 Å². The van der Waals surface area contributed by atoms with Gasteiger partial charge in [0.05, 0.1) is 12.6 Å². The second-order valence-corrected chi connectivity index (χ2v) is 8.11. The third kappa shape index (κ3) is 4.48. The summed E-state index contributed by atoms with van der Waals surface area (Å²) in [5, 5.41) is 5.52. The molecule has 5 rings (SSSR count). The Morgan fingerprint density at radius 2 is 1.90 bits per heavy atom. The van der Waals surface area contributed by atoms with Gasteiger partial charge in [-0.2, -0.15) is 0 Å². The minimum Gasteiger partial charge on any atom is -0.444 e. The maximum absolute atomic E-state index is 12.9. The van der Waals surface area contributed by atoms with Gasteiger partial charge in [-0.15, -0.1) is 0 Å². The van der Waals surface area contributed by atoms with Crippen LogP contribution in [0.3, 0.4) is 0 Å². The molecule has 0 unspecified atom stereocenters. The summed E-state index contributed by atoms with van der Waals surface area (Å²) >= 11 is 0. The Balaban J connectivity index is 1.33. The van der Waals surface area contributed by atoms with Crippen LogP contribution in [-0.4, -0.2) is 26.8 Å². The molecule has 0 amide bonds. The molecule has 1 saturated carbocycles. The van der Waals surface area contributed by atoms with Gasteiger partial charge in [-0.05, 0) is 42.5 Å². The molecule has 156 valence electrons. The standard InChI is InChI=1S/C25H24N4O2/c30-23(17-8-9-27-25(12-17)29-21-4-2-1-3-5-21)13-22-11-20-10-18(24-15-26-16-31-24)6-7-19(20)14-28-22/h6-12,14-16,21H,1-5,13H2,(H,27,29). The lowest BCUT2D eigenvalue weighted by molar-refractivity contribution is 0.0992. The van der Waals surface area contributed by atoms with Gasteiger partial charge in [-0.3, -0.25) is 9.78 Å². The molecule has 0 saturated heterocycles. The van der Waals surface area contributed by atoms with Crippen LogP contribution in [0.15, 0.2) is 65.8 Å². The molecular formula is C25H24N4O2. The number of oxazole rings is 1. The van der Waals surface area contributed by atoms with E-state index in [1.807, 2.05) is 36.5 Å². The number of Topliss-reactive ketones (excluding diaryl/α,β-unsaturated/α-hetero) is 1. The van der Waals surface area contributed by atoms with Crippen LogP contribution in [0.5, 0.6) is 0 Å². The van der Waals surface area contributed by atoms with Crippen molar-refractivity contribution in [1.82, 2.24) is 15.0 Å². The highest BCUT2D eigenvalue weighted by Gasteiger charge is 2.15. The van der Waals surface area contributed by atoms with Crippen LogP contribution in [-0.2, 0) is 6.42 Å². The Kier molecular flexibility index (Phi) is 5.44. The Labute approximate surface area is 180 Å². The Morgan fingerprint density at radius 3 is 2.74 bits per heavy atom. The van der Waals surface area contributed by atoms with Gasteiger partial charge in [0.15, 0.2) is 17.9 Å². The van der Waals surface area contributed by atoms with E-state index >= 15 is 0 Å². The van der Waals surface area contributed by atoms with E-state index in [1.165, 1.54) is 25.7 Å². The highest BCUT2D eigenvalue weighted by Crippen LogP contribution is 2.25. The third-order valence-electron chi connectivity index (χ3n) is 5.88. The number of carbonyl (C=O) groups is 1. The maximum Gasteiger partial charge on any atom is 0.181 e. The molecule has 1 aliphatic rings. The Hall–Kier alpha value is -3.54. The number of aromatic nitrogens is 3. The van der Waals surface area contributed by atoms with Crippen LogP contribution in [0.25, 0.3) is 22.1 Å². The first-order valence-electron chi connectivity index (χ1n) is 10.8. The lowest BCUT2D eigenvalue weighted by Crippen LogP contribution is -2.23. The van der Waals surface area contributed by atoms with E-state index in [4.69, 9.17) is 4.42 Å². The quantitative estimate of drug-likeness (QED) is 0.424. The number of hydrogen-bond donors (Lipinski definition) is 1. The van der Waals surface area contributed by atoms with E-state index in [0.717, 1.165) is 40.7 Å². The van der Waals surface area contributed by atoms with Crippen molar-refractivity contribution in [2.75, 3.05) is 5.32 Å². The number of ketones is 1. The monoisotopic (exact) mass is 412 g/mol. The molecule has 1 N–H and O–H groups in total. The van der Waals surface area contributed by atoms with Crippen molar-refractivity contribution >= 4 is 22.4 Å². The smallest absolute Gasteiger partial charge is 0.181 e. The molecule has 0 spiro atoms. The van der Waals surface area contributed by atoms with Crippen molar-refractivity contribution in [2.45, 2.75) is 44.6 Å². The van der Waals surface area contributed by atoms with Crippen LogP contribution < -0.4 is 5.32 Å². The third-order valence-corrected chi connectivity index (χ3v) is 5.88. The number of carbonyl (C=O) groups excluding carboxylic acids is 1. The zero-order chi connectivity index (χ0) is 21.0. The van der Waals surface area contributed by atoms with Crippen molar-refractivity contribution in [3.8, 4) is 11.3 Å². The second-order valence-electron chi connectivity index (χ2n) is 8.11. The van der Waals surface area contributed by atoms with E-state index in [-0.39, 0.29) is 12.2 Å². The number of nitrogens with one attached hydrogen (secondary N) is 1. The lowest BCUT2D eigenvalue weighted by Gasteiger charge is -2.23. The summed E-state index contributed by atoms with van der Waals surface area (Å²) in [5.74, 6) is 1.53. The van der Waals surface area contributed by atoms with Crippen LogP contribution in [0.4, 0.5) is 5.82 Å². The van der Waals surface area contributed by atoms with Crippen molar-refractivity contribution < 1.29 is 9.21 Å². The second kappa shape index (κ2) is 8.68. The van der Waals surface area contributed by atoms with Crippen molar-refractivity contribution in [2.24, 2.45) is 0 Å². The number of benzene rings is 1. The van der Waals surface area contributed by atoms with Crippen molar-refractivity contribution in [3.63, 3.8) is 0 Å². The summed E-state index contributed by atoms with van der Waals surface area (Å²) < 4.78 is 5.39. The molecule has 0 atom stereocenters. The fourth-order valence-electron chi connectivity index (χ4n) is 4.20. The molecule has 0 bridgehead atoms. The average Bonchev–Trinajstić information content (AvgIpc) is 3.34. The summed E-state index contributed by atoms with van der Waals surface area (Å²) in [6, 6.07) is 12.1. The molecule has 0 radical (unpaired) electrons. The highest BCUT2D eigenvalue weighted by molar-refractivity contribution is 5.98. The number of hydrogen-bond acceptors (Lipinski definition) is 6. The number of rotatable bonds is 6. The number of fused-ring (bicyclic) bond motifs is 1. The van der Waals surface area contributed by atoms with Crippen molar-refractivity contribution in [1.29, 1.82) is 0 Å². The zero-order valence-electron chi connectivity index (χ0n) is 17.3. The van der Waals surface area contributed by atoms with Gasteiger partial charge in [0, 0.05) is 40.6 Å². The lowest BCUT2D eigenvalue weighted by atomic mass is 9.95. The molecule has 0 aliphatic heterocycles. The molecule has 3 heterocycles. The fraction of sp³-hybridized carbons (Fsp3) is 0.280. The van der Waals surface area contributed by atoms with Gasteiger partial charge in [-0.25, -0.2) is 9.97 Å². The van der Waals surface area contributed by atoms with Crippen LogP contribution >= 0.6 is 0 Å². The largest absolute Gasteiger partial charge is 0.444 e. The highest BCUT2D eigenvalue weighted by atomic mass is 16.3. The van der Waals surface area contributed by atoms with Gasteiger partial charge < -0.3 is 9.73 Å². The normalized spacial score (nSPS) is 14.6. The molecule has 4 aromatic rings. The molecule has 1 aliphatic carbocycles. The number of nitrogens with zero attached hydrogens (tertiary/aromatic N) is 3. The summed E-state index contributed by atoms with van der Waals surface area (Å²) in [4.78, 5) is 25.8. The van der Waals surface area contributed by atoms with Gasteiger partial charge >= 0.3 is 0 Å². The SMILES string of the molecule is O=C(Cc1cc2cc(-c3cnco3)ccc2cn1)c1ccnc(NC2CCCCC2)c1. The molecule has 31 heavy (non-hydrogen) atoms. The number of pyridine rings is 2. The van der Waals surface area contributed by atoms with Gasteiger partial charge in [0.25, 0.3) is 0 Å². The van der Waals surface area contributed by atoms with Gasteiger partial charge in [0.1, 0.15) is 5.82 Å². The molecule has 6 nitrogen and oxygen atoms in total. The average molecular weight is 412 g/mol. The minimum atomic E-state index is 0.0346. The molecule has 6 heteroatoms. The van der Waals surface area contributed by atoms with E-state index in [9.17, 15) is 4.79 Å². The van der Waals surface area contributed by atoms with Crippen molar-refractivity contribution in [3.05, 3.63) is 72.6 Å². The van der Waals surface area contributed by atoms with Gasteiger partial charge in [-0.1, -0.05) is 31.4 Å². The first-order chi connectivity index (χ1) is 15.2. The summed E-state index contributed by atoms with van der Waals surface area (Å²) in [7, 11) is 0. The summed E-state index contributed by atoms with van der Waals surface area (Å²) in [6.45, 7) is 0. The van der Waals surface area contributed by atoms with E-state index < -0.39 is 0 Å². The van der Waals surface area contributed by atoms with Crippen LogP contribution in [0, 0.1) is 0 Å². The summed E-state index contributed by atoms with van der Waals surface area (Å²) in [5.41, 5.74) is 2.34. The van der Waals surface area contributed by atoms with Gasteiger partial charge in [0.2, 0.25) is 0 Å². The molecular weight excluding hydrogens is 388 g/mol. The van der Waals surface area contributed by atoms with Crippen LogP contribution in [0.1, 0.15) is 48.2 Å². The predicted molar refractivity (Wildman–Crippen MR) is 120 cm³/mol. The molecule has 3 aromatic heterocycles. The minimum absolute atomic E-state index is 0.0346. The van der Waals surface area contributed by atoms with E-state index in [1.54, 1.807) is 18.5 Å².